The summed E-state index contributed by atoms with van der Waals surface area (Å²) in [5.41, 5.74) is 1.19. The molecule has 0 amide bonds. The molecule has 0 spiro atoms. The van der Waals surface area contributed by atoms with Gasteiger partial charge in [0.25, 0.3) is 0 Å². The third-order valence-corrected chi connectivity index (χ3v) is 4.01. The second kappa shape index (κ2) is 9.03. The lowest BCUT2D eigenvalue weighted by Crippen LogP contribution is -2.41. The first-order valence-electron chi connectivity index (χ1n) is 7.92. The van der Waals surface area contributed by atoms with Crippen LogP contribution < -0.4 is 10.1 Å². The third-order valence-electron chi connectivity index (χ3n) is 4.01. The lowest BCUT2D eigenvalue weighted by atomic mass is 10.2. The fraction of sp³-hybridized carbons (Fsp3) is 0.647. The minimum absolute atomic E-state index is 0.625. The van der Waals surface area contributed by atoms with Crippen molar-refractivity contribution in [2.24, 2.45) is 0 Å². The van der Waals surface area contributed by atoms with Crippen LogP contribution in [-0.2, 0) is 4.74 Å². The van der Waals surface area contributed by atoms with Gasteiger partial charge in [-0.15, -0.1) is 0 Å². The van der Waals surface area contributed by atoms with E-state index in [0.29, 0.717) is 6.04 Å². The average Bonchev–Trinajstić information content (AvgIpc) is 2.99. The fourth-order valence-electron chi connectivity index (χ4n) is 2.74. The van der Waals surface area contributed by atoms with Gasteiger partial charge in [-0.05, 0) is 37.9 Å². The maximum atomic E-state index is 5.91. The van der Waals surface area contributed by atoms with Crippen molar-refractivity contribution >= 4 is 0 Å². The second-order valence-electron chi connectivity index (χ2n) is 5.70. The summed E-state index contributed by atoms with van der Waals surface area (Å²) in [6, 6.07) is 8.81. The molecule has 1 heterocycles. The lowest BCUT2D eigenvalue weighted by Gasteiger charge is -2.25. The smallest absolute Gasteiger partial charge is 0.122 e. The Kier molecular flexibility index (Phi) is 7.00. The predicted molar refractivity (Wildman–Crippen MR) is 86.0 cm³/mol. The van der Waals surface area contributed by atoms with E-state index in [2.05, 4.69) is 23.2 Å². The van der Waals surface area contributed by atoms with Gasteiger partial charge in [0.1, 0.15) is 12.4 Å². The van der Waals surface area contributed by atoms with E-state index in [1.807, 2.05) is 18.2 Å². The second-order valence-corrected chi connectivity index (χ2v) is 5.70. The molecule has 2 rings (SSSR count). The molecule has 0 saturated carbocycles. The summed E-state index contributed by atoms with van der Waals surface area (Å²) in [6.45, 7) is 7.73. The minimum Gasteiger partial charge on any atom is -0.492 e. The summed E-state index contributed by atoms with van der Waals surface area (Å²) in [5, 5.41) is 3.56. The Morgan fingerprint density at radius 3 is 2.76 bits per heavy atom. The number of hydrogen-bond acceptors (Lipinski definition) is 4. The number of rotatable bonds is 9. The van der Waals surface area contributed by atoms with Crippen LogP contribution in [0.4, 0.5) is 0 Å². The molecule has 1 aromatic rings. The average molecular weight is 292 g/mol. The van der Waals surface area contributed by atoms with Crippen LogP contribution in [0, 0.1) is 6.92 Å². The zero-order valence-electron chi connectivity index (χ0n) is 13.3. The highest BCUT2D eigenvalue weighted by atomic mass is 16.5. The van der Waals surface area contributed by atoms with Crippen molar-refractivity contribution in [2.75, 3.05) is 46.5 Å². The molecule has 1 atom stereocenters. The highest BCUT2D eigenvalue weighted by molar-refractivity contribution is 5.31. The van der Waals surface area contributed by atoms with E-state index < -0.39 is 0 Å². The van der Waals surface area contributed by atoms with Gasteiger partial charge in [-0.25, -0.2) is 0 Å². The molecule has 1 N–H and O–H groups in total. The molecule has 1 unspecified atom stereocenters. The highest BCUT2D eigenvalue weighted by Crippen LogP contribution is 2.16. The highest BCUT2D eigenvalue weighted by Gasteiger charge is 2.17. The van der Waals surface area contributed by atoms with Gasteiger partial charge in [0.2, 0.25) is 0 Å². The summed E-state index contributed by atoms with van der Waals surface area (Å²) >= 11 is 0. The normalized spacial score (nSPS) is 18.3. The quantitative estimate of drug-likeness (QED) is 0.755. The van der Waals surface area contributed by atoms with Crippen molar-refractivity contribution in [2.45, 2.75) is 25.8 Å². The van der Waals surface area contributed by atoms with Crippen LogP contribution in [0.2, 0.25) is 0 Å². The van der Waals surface area contributed by atoms with Crippen LogP contribution in [0.3, 0.4) is 0 Å². The summed E-state index contributed by atoms with van der Waals surface area (Å²) in [4.78, 5) is 2.44. The number of ether oxygens (including phenoxy) is 2. The van der Waals surface area contributed by atoms with Crippen LogP contribution in [-0.4, -0.2) is 57.4 Å². The molecule has 1 aliphatic heterocycles. The number of para-hydroxylation sites is 1. The summed E-state index contributed by atoms with van der Waals surface area (Å²) in [6.07, 6.45) is 2.57. The minimum atomic E-state index is 0.625. The first-order valence-corrected chi connectivity index (χ1v) is 7.92. The van der Waals surface area contributed by atoms with Crippen LogP contribution in [0.5, 0.6) is 5.75 Å². The van der Waals surface area contributed by atoms with Crippen molar-refractivity contribution in [3.05, 3.63) is 29.8 Å². The summed E-state index contributed by atoms with van der Waals surface area (Å²) in [5.74, 6) is 0.989. The topological polar surface area (TPSA) is 33.7 Å². The number of aryl methyl sites for hydroxylation is 1. The number of hydrogen-bond donors (Lipinski definition) is 1. The molecular formula is C17H28N2O2. The SMILES string of the molecule is COCCN(CCOc1ccccc1C)CC1CCCN1. The Morgan fingerprint density at radius 1 is 1.24 bits per heavy atom. The molecule has 1 aliphatic rings. The lowest BCUT2D eigenvalue weighted by molar-refractivity contribution is 0.129. The van der Waals surface area contributed by atoms with Gasteiger partial charge in [-0.2, -0.15) is 0 Å². The Morgan fingerprint density at radius 2 is 2.05 bits per heavy atom. The Hall–Kier alpha value is -1.10. The number of methoxy groups -OCH3 is 1. The van der Waals surface area contributed by atoms with E-state index in [4.69, 9.17) is 9.47 Å². The molecule has 1 aromatic carbocycles. The fourth-order valence-corrected chi connectivity index (χ4v) is 2.74. The molecule has 4 nitrogen and oxygen atoms in total. The largest absolute Gasteiger partial charge is 0.492 e. The molecule has 21 heavy (non-hydrogen) atoms. The Balaban J connectivity index is 1.76. The number of benzene rings is 1. The number of nitrogens with one attached hydrogen (secondary N) is 1. The van der Waals surface area contributed by atoms with Crippen molar-refractivity contribution in [1.29, 1.82) is 0 Å². The van der Waals surface area contributed by atoms with Gasteiger partial charge in [0.15, 0.2) is 0 Å². The van der Waals surface area contributed by atoms with Gasteiger partial charge >= 0.3 is 0 Å². The van der Waals surface area contributed by atoms with Gasteiger partial charge in [-0.1, -0.05) is 18.2 Å². The van der Waals surface area contributed by atoms with Gasteiger partial charge in [-0.3, -0.25) is 4.90 Å². The van der Waals surface area contributed by atoms with E-state index in [1.54, 1.807) is 7.11 Å². The maximum Gasteiger partial charge on any atom is 0.122 e. The molecule has 118 valence electrons. The van der Waals surface area contributed by atoms with E-state index in [1.165, 1.54) is 18.4 Å². The van der Waals surface area contributed by atoms with Crippen LogP contribution in [0.15, 0.2) is 24.3 Å². The van der Waals surface area contributed by atoms with E-state index in [-0.39, 0.29) is 0 Å². The monoisotopic (exact) mass is 292 g/mol. The molecular weight excluding hydrogens is 264 g/mol. The van der Waals surface area contributed by atoms with Crippen molar-refractivity contribution in [3.63, 3.8) is 0 Å². The first-order chi connectivity index (χ1) is 10.3. The van der Waals surface area contributed by atoms with Crippen LogP contribution in [0.1, 0.15) is 18.4 Å². The van der Waals surface area contributed by atoms with E-state index in [9.17, 15) is 0 Å². The van der Waals surface area contributed by atoms with Crippen LogP contribution >= 0.6 is 0 Å². The molecule has 0 aliphatic carbocycles. The molecule has 0 radical (unpaired) electrons. The summed E-state index contributed by atoms with van der Waals surface area (Å²) < 4.78 is 11.1. The zero-order chi connectivity index (χ0) is 14.9. The zero-order valence-corrected chi connectivity index (χ0v) is 13.3. The number of nitrogens with zero attached hydrogens (tertiary/aromatic N) is 1. The Bertz CT molecular complexity index is 406. The molecule has 0 aromatic heterocycles. The molecule has 1 fully saturated rings. The summed E-state index contributed by atoms with van der Waals surface area (Å²) in [7, 11) is 1.76. The molecule has 4 heteroatoms. The van der Waals surface area contributed by atoms with Crippen molar-refractivity contribution in [1.82, 2.24) is 10.2 Å². The van der Waals surface area contributed by atoms with Crippen molar-refractivity contribution < 1.29 is 9.47 Å². The van der Waals surface area contributed by atoms with Crippen LogP contribution in [0.25, 0.3) is 0 Å². The Labute approximate surface area is 128 Å². The predicted octanol–water partition coefficient (Wildman–Crippen LogP) is 2.07. The van der Waals surface area contributed by atoms with Crippen molar-refractivity contribution in [3.8, 4) is 5.75 Å². The van der Waals surface area contributed by atoms with Gasteiger partial charge in [0.05, 0.1) is 6.61 Å². The first kappa shape index (κ1) is 16.3. The molecule has 0 bridgehead atoms. The van der Waals surface area contributed by atoms with Gasteiger partial charge < -0.3 is 14.8 Å². The third kappa shape index (κ3) is 5.65. The maximum absolute atomic E-state index is 5.91. The van der Waals surface area contributed by atoms with E-state index >= 15 is 0 Å². The molecule has 1 saturated heterocycles. The van der Waals surface area contributed by atoms with E-state index in [0.717, 1.165) is 45.1 Å². The van der Waals surface area contributed by atoms with Gasteiger partial charge in [0, 0.05) is 32.8 Å². The standard InChI is InChI=1S/C17H28N2O2/c1-15-6-3-4-8-17(15)21-13-11-19(10-12-20-2)14-16-7-5-9-18-16/h3-4,6,8,16,18H,5,7,9-14H2,1-2H3.